The summed E-state index contributed by atoms with van der Waals surface area (Å²) in [5.41, 5.74) is 0.591. The number of ether oxygens (including phenoxy) is 1. The van der Waals surface area contributed by atoms with E-state index < -0.39 is 33.5 Å². The maximum atomic E-state index is 16.0. The summed E-state index contributed by atoms with van der Waals surface area (Å²) < 4.78 is 49.3. The highest BCUT2D eigenvalue weighted by Gasteiger charge is 2.55. The molecule has 2 amide bonds. The second kappa shape index (κ2) is 11.9. The molecule has 0 radical (unpaired) electrons. The molecule has 226 valence electrons. The molecule has 2 aromatic heterocycles. The number of hydrogen-bond acceptors (Lipinski definition) is 9. The Morgan fingerprint density at radius 1 is 1.10 bits per heavy atom. The SMILES string of the molecule is Cc1ccncc1-c1cc2cc(NC(=O)[C@@H]3[C@@H](COS(C)(=O)=O)[C@@H]3CN(C)C)ncc2c(NC(=O)OC(C)(C)C)c1F. The third kappa shape index (κ3) is 7.58. The first kappa shape index (κ1) is 31.3. The van der Waals surface area contributed by atoms with Crippen LogP contribution in [0, 0.1) is 30.5 Å². The van der Waals surface area contributed by atoms with Crippen LogP contribution in [0.5, 0.6) is 0 Å². The lowest BCUT2D eigenvalue weighted by Gasteiger charge is -2.21. The minimum Gasteiger partial charge on any atom is -0.444 e. The molecule has 42 heavy (non-hydrogen) atoms. The van der Waals surface area contributed by atoms with E-state index in [0.29, 0.717) is 22.9 Å². The van der Waals surface area contributed by atoms with Gasteiger partial charge in [-0.05, 0) is 76.9 Å². The molecule has 1 aromatic carbocycles. The molecule has 0 aliphatic heterocycles. The topological polar surface area (TPSA) is 140 Å². The summed E-state index contributed by atoms with van der Waals surface area (Å²) in [5, 5.41) is 6.15. The first-order chi connectivity index (χ1) is 19.5. The standard InChI is InChI=1S/C29H36FN5O6S/c1-16-8-9-31-12-19(16)18-10-17-11-23(32-13-20(17)26(25(18)30)34-28(37)41-29(2,3)4)33-27(36)24-21(14-35(5)6)22(24)15-40-42(7,38)39/h8-13,21-22,24H,14-15H2,1-7H3,(H,34,37)(H,32,33,36)/t21-,22-,24-/m0/s1. The second-order valence-corrected chi connectivity index (χ2v) is 13.5. The molecule has 2 heterocycles. The van der Waals surface area contributed by atoms with E-state index in [9.17, 15) is 18.0 Å². The molecule has 1 aliphatic rings. The smallest absolute Gasteiger partial charge is 0.412 e. The Bertz CT molecular complexity index is 1620. The van der Waals surface area contributed by atoms with Crippen LogP contribution in [-0.4, -0.2) is 74.4 Å². The number of rotatable bonds is 9. The lowest BCUT2D eigenvalue weighted by molar-refractivity contribution is -0.118. The number of aryl methyl sites for hydroxylation is 1. The zero-order valence-electron chi connectivity index (χ0n) is 24.7. The van der Waals surface area contributed by atoms with Crippen molar-refractivity contribution >= 4 is 44.4 Å². The summed E-state index contributed by atoms with van der Waals surface area (Å²) in [6, 6.07) is 4.95. The van der Waals surface area contributed by atoms with Gasteiger partial charge in [-0.2, -0.15) is 8.42 Å². The number of pyridine rings is 2. The van der Waals surface area contributed by atoms with Crippen molar-refractivity contribution in [3.05, 3.63) is 48.2 Å². The van der Waals surface area contributed by atoms with Crippen molar-refractivity contribution in [3.63, 3.8) is 0 Å². The minimum absolute atomic E-state index is 0.0899. The van der Waals surface area contributed by atoms with Crippen molar-refractivity contribution in [2.45, 2.75) is 33.3 Å². The third-order valence-corrected chi connectivity index (χ3v) is 7.42. The van der Waals surface area contributed by atoms with Crippen molar-refractivity contribution in [3.8, 4) is 11.1 Å². The average molecular weight is 602 g/mol. The number of aromatic nitrogens is 2. The Morgan fingerprint density at radius 2 is 1.81 bits per heavy atom. The fraction of sp³-hybridized carbons (Fsp3) is 0.448. The van der Waals surface area contributed by atoms with Crippen LogP contribution >= 0.6 is 0 Å². The van der Waals surface area contributed by atoms with Gasteiger partial charge in [-0.25, -0.2) is 14.2 Å². The van der Waals surface area contributed by atoms with Gasteiger partial charge in [0.1, 0.15) is 11.4 Å². The number of nitrogens with zero attached hydrogens (tertiary/aromatic N) is 3. The van der Waals surface area contributed by atoms with Gasteiger partial charge in [0.2, 0.25) is 5.91 Å². The summed E-state index contributed by atoms with van der Waals surface area (Å²) in [4.78, 5) is 36.3. The van der Waals surface area contributed by atoms with Crippen molar-refractivity contribution in [1.82, 2.24) is 14.9 Å². The molecule has 0 saturated heterocycles. The molecule has 0 spiro atoms. The molecule has 13 heteroatoms. The molecule has 1 saturated carbocycles. The molecule has 0 bridgehead atoms. The number of benzene rings is 1. The average Bonchev–Trinajstić information content (AvgIpc) is 3.54. The number of nitrogens with one attached hydrogen (secondary N) is 2. The Hall–Kier alpha value is -3.68. The summed E-state index contributed by atoms with van der Waals surface area (Å²) in [7, 11) is 0.0908. The number of halogens is 1. The largest absolute Gasteiger partial charge is 0.444 e. The van der Waals surface area contributed by atoms with Crippen LogP contribution < -0.4 is 10.6 Å². The van der Waals surface area contributed by atoms with Gasteiger partial charge in [-0.1, -0.05) is 0 Å². The highest BCUT2D eigenvalue weighted by molar-refractivity contribution is 7.85. The van der Waals surface area contributed by atoms with E-state index in [0.717, 1.165) is 11.8 Å². The zero-order valence-corrected chi connectivity index (χ0v) is 25.5. The van der Waals surface area contributed by atoms with Gasteiger partial charge < -0.3 is 15.0 Å². The van der Waals surface area contributed by atoms with E-state index in [1.54, 1.807) is 45.2 Å². The van der Waals surface area contributed by atoms with Crippen LogP contribution in [0.2, 0.25) is 0 Å². The second-order valence-electron chi connectivity index (χ2n) is 11.8. The van der Waals surface area contributed by atoms with Crippen molar-refractivity contribution in [2.24, 2.45) is 17.8 Å². The summed E-state index contributed by atoms with van der Waals surface area (Å²) >= 11 is 0. The van der Waals surface area contributed by atoms with E-state index >= 15 is 4.39 Å². The van der Waals surface area contributed by atoms with Crippen molar-refractivity contribution < 1.29 is 31.3 Å². The summed E-state index contributed by atoms with van der Waals surface area (Å²) in [6.45, 7) is 7.42. The van der Waals surface area contributed by atoms with Crippen LogP contribution in [0.4, 0.5) is 20.7 Å². The zero-order chi connectivity index (χ0) is 31.0. The molecule has 2 N–H and O–H groups in total. The normalized spacial score (nSPS) is 18.6. The maximum Gasteiger partial charge on any atom is 0.412 e. The number of hydrogen-bond donors (Lipinski definition) is 2. The molecule has 3 aromatic rings. The van der Waals surface area contributed by atoms with Crippen LogP contribution in [0.3, 0.4) is 0 Å². The highest BCUT2D eigenvalue weighted by Crippen LogP contribution is 2.47. The lowest BCUT2D eigenvalue weighted by atomic mass is 9.98. The van der Waals surface area contributed by atoms with Gasteiger partial charge in [0.05, 0.1) is 18.6 Å². The molecule has 0 unspecified atom stereocenters. The van der Waals surface area contributed by atoms with E-state index in [4.69, 9.17) is 8.92 Å². The van der Waals surface area contributed by atoms with Crippen molar-refractivity contribution in [1.29, 1.82) is 0 Å². The van der Waals surface area contributed by atoms with E-state index in [1.807, 2.05) is 25.9 Å². The van der Waals surface area contributed by atoms with Crippen LogP contribution in [-0.2, 0) is 23.8 Å². The van der Waals surface area contributed by atoms with E-state index in [-0.39, 0.29) is 41.4 Å². The Morgan fingerprint density at radius 3 is 2.43 bits per heavy atom. The number of amides is 2. The lowest BCUT2D eigenvalue weighted by Crippen LogP contribution is -2.27. The fourth-order valence-corrected chi connectivity index (χ4v) is 5.36. The fourth-order valence-electron chi connectivity index (χ4n) is 4.95. The molecular formula is C29H36FN5O6S. The van der Waals surface area contributed by atoms with Gasteiger partial charge >= 0.3 is 6.09 Å². The van der Waals surface area contributed by atoms with Crippen LogP contribution in [0.15, 0.2) is 36.8 Å². The minimum atomic E-state index is -3.65. The van der Waals surface area contributed by atoms with E-state index in [2.05, 4.69) is 20.6 Å². The van der Waals surface area contributed by atoms with Crippen LogP contribution in [0.1, 0.15) is 26.3 Å². The molecule has 4 rings (SSSR count). The van der Waals surface area contributed by atoms with Gasteiger partial charge in [0.25, 0.3) is 10.1 Å². The molecule has 3 atom stereocenters. The Labute approximate surface area is 244 Å². The monoisotopic (exact) mass is 601 g/mol. The Balaban J connectivity index is 1.68. The van der Waals surface area contributed by atoms with Crippen molar-refractivity contribution in [2.75, 3.05) is 44.1 Å². The van der Waals surface area contributed by atoms with Gasteiger partial charge in [-0.3, -0.25) is 19.3 Å². The van der Waals surface area contributed by atoms with E-state index in [1.165, 1.54) is 12.4 Å². The van der Waals surface area contributed by atoms with Gasteiger partial charge in [-0.15, -0.1) is 0 Å². The maximum absolute atomic E-state index is 16.0. The highest BCUT2D eigenvalue weighted by atomic mass is 32.2. The number of carbonyl (C=O) groups excluding carboxylic acids is 2. The van der Waals surface area contributed by atoms with Gasteiger partial charge in [0, 0.05) is 53.5 Å². The third-order valence-electron chi connectivity index (χ3n) is 6.85. The molecule has 1 aliphatic carbocycles. The summed E-state index contributed by atoms with van der Waals surface area (Å²) in [6.07, 6.45) is 4.65. The Kier molecular flexibility index (Phi) is 8.86. The molecular weight excluding hydrogens is 565 g/mol. The predicted octanol–water partition coefficient (Wildman–Crippen LogP) is 4.43. The first-order valence-electron chi connectivity index (χ1n) is 13.4. The van der Waals surface area contributed by atoms with Crippen LogP contribution in [0.25, 0.3) is 21.9 Å². The number of carbonyl (C=O) groups is 2. The first-order valence-corrected chi connectivity index (χ1v) is 15.2. The predicted molar refractivity (Wildman–Crippen MR) is 158 cm³/mol. The quantitative estimate of drug-likeness (QED) is 0.341. The van der Waals surface area contributed by atoms with Gasteiger partial charge in [0.15, 0.2) is 5.82 Å². The number of anilines is 2. The summed E-state index contributed by atoms with van der Waals surface area (Å²) in [5.74, 6) is -1.63. The number of fused-ring (bicyclic) bond motifs is 1. The molecule has 11 nitrogen and oxygen atoms in total. The molecule has 1 fully saturated rings.